The zero-order valence-corrected chi connectivity index (χ0v) is 11.3. The molecule has 1 atom stereocenters. The summed E-state index contributed by atoms with van der Waals surface area (Å²) in [5.74, 6) is 0.943. The Morgan fingerprint density at radius 3 is 3.22 bits per heavy atom. The first-order valence-electron chi connectivity index (χ1n) is 6.39. The maximum atomic E-state index is 4.39. The molecule has 1 fully saturated rings. The van der Waals surface area contributed by atoms with Gasteiger partial charge in [-0.05, 0) is 50.8 Å². The largest absolute Gasteiger partial charge is 0.367 e. The zero-order chi connectivity index (χ0) is 12.4. The molecule has 18 heavy (non-hydrogen) atoms. The second-order valence-corrected chi connectivity index (χ2v) is 5.44. The van der Waals surface area contributed by atoms with Gasteiger partial charge in [0.05, 0.1) is 11.1 Å². The smallest absolute Gasteiger partial charge is 0.149 e. The quantitative estimate of drug-likeness (QED) is 0.867. The maximum absolute atomic E-state index is 4.39. The summed E-state index contributed by atoms with van der Waals surface area (Å²) in [6.07, 6.45) is 5.17. The highest BCUT2D eigenvalue weighted by Gasteiger charge is 2.15. The van der Waals surface area contributed by atoms with Crippen LogP contribution >= 0.6 is 11.5 Å². The Labute approximate surface area is 110 Å². The second kappa shape index (κ2) is 5.16. The minimum absolute atomic E-state index is 0.498. The lowest BCUT2D eigenvalue weighted by Gasteiger charge is -2.16. The van der Waals surface area contributed by atoms with Gasteiger partial charge in [-0.25, -0.2) is 9.97 Å². The molecule has 1 unspecified atom stereocenters. The van der Waals surface area contributed by atoms with Gasteiger partial charge >= 0.3 is 0 Å². The minimum atomic E-state index is 0.498. The fourth-order valence-electron chi connectivity index (χ4n) is 2.39. The van der Waals surface area contributed by atoms with Crippen molar-refractivity contribution in [3.05, 3.63) is 12.0 Å². The molecule has 0 aromatic carbocycles. The molecule has 2 N–H and O–H groups in total. The standard InChI is InChI=1S/C12H17N5S/c1-8-10-11(14-7-15-12(10)18-17-8)16-9-3-2-5-13-6-4-9/h7,9,13H,2-6H2,1H3,(H,14,15,16). The molecule has 2 aromatic heterocycles. The van der Waals surface area contributed by atoms with Gasteiger partial charge in [-0.2, -0.15) is 4.37 Å². The monoisotopic (exact) mass is 263 g/mol. The first kappa shape index (κ1) is 11.8. The van der Waals surface area contributed by atoms with Crippen LogP contribution < -0.4 is 10.6 Å². The van der Waals surface area contributed by atoms with E-state index in [9.17, 15) is 0 Å². The van der Waals surface area contributed by atoms with Crippen LogP contribution in [0.4, 0.5) is 5.82 Å². The number of nitrogens with one attached hydrogen (secondary N) is 2. The summed E-state index contributed by atoms with van der Waals surface area (Å²) in [5.41, 5.74) is 1.02. The predicted molar refractivity (Wildman–Crippen MR) is 74.1 cm³/mol. The van der Waals surface area contributed by atoms with E-state index in [1.807, 2.05) is 6.92 Å². The molecule has 0 aliphatic carbocycles. The topological polar surface area (TPSA) is 62.7 Å². The van der Waals surface area contributed by atoms with Crippen LogP contribution in [0.5, 0.6) is 0 Å². The van der Waals surface area contributed by atoms with E-state index >= 15 is 0 Å². The van der Waals surface area contributed by atoms with E-state index in [4.69, 9.17) is 0 Å². The van der Waals surface area contributed by atoms with Crippen LogP contribution in [0.2, 0.25) is 0 Å². The van der Waals surface area contributed by atoms with E-state index in [0.29, 0.717) is 6.04 Å². The fourth-order valence-corrected chi connectivity index (χ4v) is 3.13. The van der Waals surface area contributed by atoms with Crippen molar-refractivity contribution in [1.29, 1.82) is 0 Å². The van der Waals surface area contributed by atoms with Crippen molar-refractivity contribution in [2.45, 2.75) is 32.2 Å². The molecule has 1 saturated heterocycles. The summed E-state index contributed by atoms with van der Waals surface area (Å²) >= 11 is 1.44. The lowest BCUT2D eigenvalue weighted by atomic mass is 10.1. The average Bonchev–Trinajstić information content (AvgIpc) is 2.61. The summed E-state index contributed by atoms with van der Waals surface area (Å²) < 4.78 is 4.35. The van der Waals surface area contributed by atoms with Crippen molar-refractivity contribution in [3.63, 3.8) is 0 Å². The molecule has 2 aromatic rings. The van der Waals surface area contributed by atoms with Gasteiger partial charge in [0, 0.05) is 6.04 Å². The van der Waals surface area contributed by atoms with Gasteiger partial charge < -0.3 is 10.6 Å². The summed E-state index contributed by atoms with van der Waals surface area (Å²) in [6, 6.07) is 0.498. The molecule has 0 saturated carbocycles. The van der Waals surface area contributed by atoms with Gasteiger partial charge in [0.15, 0.2) is 0 Å². The minimum Gasteiger partial charge on any atom is -0.367 e. The van der Waals surface area contributed by atoms with Gasteiger partial charge in [-0.15, -0.1) is 0 Å². The Morgan fingerprint density at radius 2 is 2.28 bits per heavy atom. The Morgan fingerprint density at radius 1 is 1.33 bits per heavy atom. The molecule has 3 heterocycles. The van der Waals surface area contributed by atoms with Crippen LogP contribution in [0.15, 0.2) is 6.33 Å². The molecular formula is C12H17N5S. The third-order valence-corrected chi connectivity index (χ3v) is 4.21. The third kappa shape index (κ3) is 2.30. The number of hydrogen-bond donors (Lipinski definition) is 2. The lowest BCUT2D eigenvalue weighted by molar-refractivity contribution is 0.635. The van der Waals surface area contributed by atoms with Crippen LogP contribution in [0.3, 0.4) is 0 Å². The molecule has 0 bridgehead atoms. The third-order valence-electron chi connectivity index (χ3n) is 3.36. The predicted octanol–water partition coefficient (Wildman–Crippen LogP) is 1.95. The van der Waals surface area contributed by atoms with Crippen LogP contribution in [0.1, 0.15) is 25.0 Å². The van der Waals surface area contributed by atoms with E-state index < -0.39 is 0 Å². The number of aryl methyl sites for hydroxylation is 1. The summed E-state index contributed by atoms with van der Waals surface area (Å²) in [5, 5.41) is 8.07. The second-order valence-electron chi connectivity index (χ2n) is 4.69. The molecule has 5 nitrogen and oxygen atoms in total. The van der Waals surface area contributed by atoms with Crippen molar-refractivity contribution in [2.75, 3.05) is 18.4 Å². The summed E-state index contributed by atoms with van der Waals surface area (Å²) in [7, 11) is 0. The van der Waals surface area contributed by atoms with Crippen LogP contribution in [-0.4, -0.2) is 33.5 Å². The molecule has 3 rings (SSSR count). The molecule has 6 heteroatoms. The normalized spacial score (nSPS) is 20.8. The van der Waals surface area contributed by atoms with Crippen molar-refractivity contribution in [1.82, 2.24) is 19.7 Å². The van der Waals surface area contributed by atoms with Crippen molar-refractivity contribution < 1.29 is 0 Å². The highest BCUT2D eigenvalue weighted by Crippen LogP contribution is 2.26. The van der Waals surface area contributed by atoms with E-state index in [1.54, 1.807) is 6.33 Å². The van der Waals surface area contributed by atoms with Crippen molar-refractivity contribution >= 4 is 27.6 Å². The van der Waals surface area contributed by atoms with Gasteiger partial charge in [0.2, 0.25) is 0 Å². The first-order chi connectivity index (χ1) is 8.84. The van der Waals surface area contributed by atoms with Crippen LogP contribution in [-0.2, 0) is 0 Å². The number of aromatic nitrogens is 3. The highest BCUT2D eigenvalue weighted by molar-refractivity contribution is 7.13. The van der Waals surface area contributed by atoms with Gasteiger partial charge in [-0.3, -0.25) is 0 Å². The molecular weight excluding hydrogens is 246 g/mol. The number of anilines is 1. The van der Waals surface area contributed by atoms with Gasteiger partial charge in [-0.1, -0.05) is 0 Å². The molecule has 1 aliphatic rings. The number of nitrogens with zero attached hydrogens (tertiary/aromatic N) is 3. The van der Waals surface area contributed by atoms with Gasteiger partial charge in [0.1, 0.15) is 17.0 Å². The highest BCUT2D eigenvalue weighted by atomic mass is 32.1. The Hall–Kier alpha value is -1.27. The van der Waals surface area contributed by atoms with E-state index in [0.717, 1.165) is 41.2 Å². The lowest BCUT2D eigenvalue weighted by Crippen LogP contribution is -2.22. The first-order valence-corrected chi connectivity index (χ1v) is 7.16. The molecule has 1 aliphatic heterocycles. The van der Waals surface area contributed by atoms with E-state index in [2.05, 4.69) is 25.0 Å². The number of fused-ring (bicyclic) bond motifs is 1. The zero-order valence-electron chi connectivity index (χ0n) is 10.4. The SMILES string of the molecule is Cc1nsc2ncnc(NC3CCCNCC3)c12. The average molecular weight is 263 g/mol. The maximum Gasteiger partial charge on any atom is 0.149 e. The van der Waals surface area contributed by atoms with Crippen LogP contribution in [0, 0.1) is 6.92 Å². The van der Waals surface area contributed by atoms with Crippen molar-refractivity contribution in [3.8, 4) is 0 Å². The molecule has 0 amide bonds. The molecule has 96 valence electrons. The Bertz CT molecular complexity index is 530. The van der Waals surface area contributed by atoms with E-state index in [1.165, 1.54) is 24.4 Å². The van der Waals surface area contributed by atoms with Gasteiger partial charge in [0.25, 0.3) is 0 Å². The fraction of sp³-hybridized carbons (Fsp3) is 0.583. The van der Waals surface area contributed by atoms with Crippen molar-refractivity contribution in [2.24, 2.45) is 0 Å². The Kier molecular flexibility index (Phi) is 3.38. The number of hydrogen-bond acceptors (Lipinski definition) is 6. The Balaban J connectivity index is 1.87. The summed E-state index contributed by atoms with van der Waals surface area (Å²) in [4.78, 5) is 9.62. The summed E-state index contributed by atoms with van der Waals surface area (Å²) in [6.45, 7) is 4.21. The van der Waals surface area contributed by atoms with Crippen LogP contribution in [0.25, 0.3) is 10.2 Å². The molecule has 0 spiro atoms. The number of rotatable bonds is 2. The molecule has 0 radical (unpaired) electrons. The van der Waals surface area contributed by atoms with E-state index in [-0.39, 0.29) is 0 Å².